The van der Waals surface area contributed by atoms with Crippen LogP contribution >= 0.6 is 15.9 Å². The van der Waals surface area contributed by atoms with Gasteiger partial charge in [0.1, 0.15) is 0 Å². The van der Waals surface area contributed by atoms with Crippen molar-refractivity contribution in [2.45, 2.75) is 26.4 Å². The van der Waals surface area contributed by atoms with E-state index in [-0.39, 0.29) is 6.04 Å². The van der Waals surface area contributed by atoms with Crippen molar-refractivity contribution in [3.63, 3.8) is 0 Å². The largest absolute Gasteiger partial charge is 0.326 e. The minimum Gasteiger partial charge on any atom is -0.326 e. The van der Waals surface area contributed by atoms with E-state index in [9.17, 15) is 0 Å². The van der Waals surface area contributed by atoms with Crippen LogP contribution in [0.1, 0.15) is 12.6 Å². The number of benzene rings is 1. The Bertz CT molecular complexity index is 488. The predicted octanol–water partition coefficient (Wildman–Crippen LogP) is 2.45. The second kappa shape index (κ2) is 3.94. The summed E-state index contributed by atoms with van der Waals surface area (Å²) < 4.78 is 3.06. The molecule has 0 aliphatic rings. The number of aryl methyl sites for hydroxylation is 1. The molecule has 80 valence electrons. The SMILES string of the molecule is Cc1nn(CC(C)N)c2ccc(Br)cc12. The third kappa shape index (κ3) is 2.06. The van der Waals surface area contributed by atoms with E-state index in [1.54, 1.807) is 0 Å². The van der Waals surface area contributed by atoms with Gasteiger partial charge in [-0.1, -0.05) is 15.9 Å². The van der Waals surface area contributed by atoms with Crippen molar-refractivity contribution in [2.75, 3.05) is 0 Å². The molecule has 2 rings (SSSR count). The number of aromatic nitrogens is 2. The minimum absolute atomic E-state index is 0.121. The van der Waals surface area contributed by atoms with Crippen LogP contribution in [0.3, 0.4) is 0 Å². The highest BCUT2D eigenvalue weighted by Crippen LogP contribution is 2.22. The van der Waals surface area contributed by atoms with Gasteiger partial charge in [-0.3, -0.25) is 4.68 Å². The molecule has 0 aliphatic carbocycles. The maximum atomic E-state index is 5.78. The van der Waals surface area contributed by atoms with E-state index < -0.39 is 0 Å². The van der Waals surface area contributed by atoms with E-state index in [0.29, 0.717) is 0 Å². The second-order valence-electron chi connectivity index (χ2n) is 3.91. The highest BCUT2D eigenvalue weighted by molar-refractivity contribution is 9.10. The van der Waals surface area contributed by atoms with E-state index in [4.69, 9.17) is 5.73 Å². The van der Waals surface area contributed by atoms with Gasteiger partial charge in [-0.25, -0.2) is 0 Å². The molecule has 1 aromatic heterocycles. The van der Waals surface area contributed by atoms with Gasteiger partial charge in [-0.2, -0.15) is 5.10 Å². The highest BCUT2D eigenvalue weighted by atomic mass is 79.9. The van der Waals surface area contributed by atoms with Crippen LogP contribution in [-0.4, -0.2) is 15.8 Å². The lowest BCUT2D eigenvalue weighted by molar-refractivity contribution is 0.550. The molecule has 0 spiro atoms. The normalized spacial score (nSPS) is 13.3. The van der Waals surface area contributed by atoms with E-state index >= 15 is 0 Å². The standard InChI is InChI=1S/C11H14BrN3/c1-7(13)6-15-11-4-3-9(12)5-10(11)8(2)14-15/h3-5,7H,6,13H2,1-2H3. The first-order valence-electron chi connectivity index (χ1n) is 4.96. The van der Waals surface area contributed by atoms with Gasteiger partial charge in [0.05, 0.1) is 17.8 Å². The third-order valence-electron chi connectivity index (χ3n) is 2.36. The van der Waals surface area contributed by atoms with Crippen LogP contribution in [0.15, 0.2) is 22.7 Å². The molecular weight excluding hydrogens is 254 g/mol. The topological polar surface area (TPSA) is 43.8 Å². The molecule has 2 N–H and O–H groups in total. The van der Waals surface area contributed by atoms with E-state index in [0.717, 1.165) is 22.2 Å². The summed E-state index contributed by atoms with van der Waals surface area (Å²) in [5.41, 5.74) is 7.98. The zero-order chi connectivity index (χ0) is 11.0. The van der Waals surface area contributed by atoms with Crippen molar-refractivity contribution in [2.24, 2.45) is 5.73 Å². The summed E-state index contributed by atoms with van der Waals surface area (Å²) in [5, 5.41) is 5.67. The second-order valence-corrected chi connectivity index (χ2v) is 4.82. The van der Waals surface area contributed by atoms with Gasteiger partial charge < -0.3 is 5.73 Å². The molecule has 1 aromatic carbocycles. The van der Waals surface area contributed by atoms with Crippen molar-refractivity contribution in [1.29, 1.82) is 0 Å². The molecule has 0 amide bonds. The summed E-state index contributed by atoms with van der Waals surface area (Å²) in [6, 6.07) is 6.31. The zero-order valence-corrected chi connectivity index (χ0v) is 10.5. The Balaban J connectivity index is 2.57. The van der Waals surface area contributed by atoms with Gasteiger partial charge in [0.2, 0.25) is 0 Å². The molecule has 4 heteroatoms. The van der Waals surface area contributed by atoms with Crippen LogP contribution in [0.4, 0.5) is 0 Å². The molecule has 0 bridgehead atoms. The first-order valence-corrected chi connectivity index (χ1v) is 5.75. The Hall–Kier alpha value is -0.870. The molecule has 0 saturated heterocycles. The number of nitrogens with zero attached hydrogens (tertiary/aromatic N) is 2. The number of hydrogen-bond acceptors (Lipinski definition) is 2. The van der Waals surface area contributed by atoms with Gasteiger partial charge in [0.15, 0.2) is 0 Å². The molecule has 3 nitrogen and oxygen atoms in total. The summed E-state index contributed by atoms with van der Waals surface area (Å²) in [7, 11) is 0. The number of nitrogens with two attached hydrogens (primary N) is 1. The summed E-state index contributed by atoms with van der Waals surface area (Å²) in [6.07, 6.45) is 0. The number of halogens is 1. The number of rotatable bonds is 2. The Morgan fingerprint density at radius 1 is 1.53 bits per heavy atom. The Labute approximate surface area is 97.4 Å². The van der Waals surface area contributed by atoms with Gasteiger partial charge in [0, 0.05) is 15.9 Å². The lowest BCUT2D eigenvalue weighted by Crippen LogP contribution is -2.22. The van der Waals surface area contributed by atoms with Crippen LogP contribution in [0.25, 0.3) is 10.9 Å². The fourth-order valence-electron chi connectivity index (χ4n) is 1.72. The zero-order valence-electron chi connectivity index (χ0n) is 8.87. The van der Waals surface area contributed by atoms with Crippen molar-refractivity contribution in [3.05, 3.63) is 28.4 Å². The first-order chi connectivity index (χ1) is 7.08. The monoisotopic (exact) mass is 267 g/mol. The van der Waals surface area contributed by atoms with Gasteiger partial charge in [-0.05, 0) is 32.0 Å². The van der Waals surface area contributed by atoms with Crippen molar-refractivity contribution in [1.82, 2.24) is 9.78 Å². The molecule has 1 atom stereocenters. The Morgan fingerprint density at radius 3 is 2.93 bits per heavy atom. The van der Waals surface area contributed by atoms with E-state index in [2.05, 4.69) is 33.2 Å². The van der Waals surface area contributed by atoms with Gasteiger partial charge >= 0.3 is 0 Å². The molecule has 1 unspecified atom stereocenters. The predicted molar refractivity (Wildman–Crippen MR) is 65.8 cm³/mol. The molecule has 1 heterocycles. The fourth-order valence-corrected chi connectivity index (χ4v) is 2.08. The molecule has 0 radical (unpaired) electrons. The fraction of sp³-hybridized carbons (Fsp3) is 0.364. The molecule has 2 aromatic rings. The third-order valence-corrected chi connectivity index (χ3v) is 2.85. The quantitative estimate of drug-likeness (QED) is 0.909. The van der Waals surface area contributed by atoms with Crippen LogP contribution in [0.2, 0.25) is 0 Å². The van der Waals surface area contributed by atoms with E-state index in [1.807, 2.05) is 24.6 Å². The number of hydrogen-bond donors (Lipinski definition) is 1. The van der Waals surface area contributed by atoms with Crippen molar-refractivity contribution < 1.29 is 0 Å². The Morgan fingerprint density at radius 2 is 2.27 bits per heavy atom. The summed E-state index contributed by atoms with van der Waals surface area (Å²) >= 11 is 3.46. The van der Waals surface area contributed by atoms with Crippen molar-refractivity contribution >= 4 is 26.8 Å². The van der Waals surface area contributed by atoms with Crippen LogP contribution in [0, 0.1) is 6.92 Å². The number of fused-ring (bicyclic) bond motifs is 1. The highest BCUT2D eigenvalue weighted by Gasteiger charge is 2.08. The van der Waals surface area contributed by atoms with Gasteiger partial charge in [0.25, 0.3) is 0 Å². The molecule has 15 heavy (non-hydrogen) atoms. The van der Waals surface area contributed by atoms with Gasteiger partial charge in [-0.15, -0.1) is 0 Å². The maximum Gasteiger partial charge on any atom is 0.0686 e. The van der Waals surface area contributed by atoms with Crippen LogP contribution < -0.4 is 5.73 Å². The summed E-state index contributed by atoms with van der Waals surface area (Å²) in [4.78, 5) is 0. The molecule has 0 fully saturated rings. The molecular formula is C11H14BrN3. The summed E-state index contributed by atoms with van der Waals surface area (Å²) in [5.74, 6) is 0. The Kier molecular flexibility index (Phi) is 2.80. The first kappa shape index (κ1) is 10.6. The lowest BCUT2D eigenvalue weighted by Gasteiger charge is -2.06. The van der Waals surface area contributed by atoms with E-state index in [1.165, 1.54) is 5.39 Å². The average molecular weight is 268 g/mol. The van der Waals surface area contributed by atoms with Crippen LogP contribution in [-0.2, 0) is 6.54 Å². The molecule has 0 saturated carbocycles. The lowest BCUT2D eigenvalue weighted by atomic mass is 10.2. The van der Waals surface area contributed by atoms with Crippen LogP contribution in [0.5, 0.6) is 0 Å². The smallest absolute Gasteiger partial charge is 0.0686 e. The summed E-state index contributed by atoms with van der Waals surface area (Å²) in [6.45, 7) is 4.76. The average Bonchev–Trinajstić information content (AvgIpc) is 2.42. The van der Waals surface area contributed by atoms with Crippen molar-refractivity contribution in [3.8, 4) is 0 Å². The molecule has 0 aliphatic heterocycles. The minimum atomic E-state index is 0.121. The maximum absolute atomic E-state index is 5.78.